The number of anilines is 1. The van der Waals surface area contributed by atoms with E-state index in [2.05, 4.69) is 11.4 Å². The van der Waals surface area contributed by atoms with Gasteiger partial charge in [-0.3, -0.25) is 4.79 Å². The molecule has 3 aromatic rings. The molecular formula is C24H18N2O3. The molecule has 0 aliphatic rings. The van der Waals surface area contributed by atoms with E-state index in [1.165, 1.54) is 6.92 Å². The van der Waals surface area contributed by atoms with Crippen LogP contribution in [-0.4, -0.2) is 11.9 Å². The second-order valence-corrected chi connectivity index (χ2v) is 6.26. The Morgan fingerprint density at radius 1 is 0.931 bits per heavy atom. The van der Waals surface area contributed by atoms with Crippen LogP contribution in [0.3, 0.4) is 0 Å². The zero-order valence-corrected chi connectivity index (χ0v) is 15.8. The van der Waals surface area contributed by atoms with Crippen molar-refractivity contribution >= 4 is 29.2 Å². The van der Waals surface area contributed by atoms with E-state index in [0.29, 0.717) is 22.6 Å². The van der Waals surface area contributed by atoms with E-state index >= 15 is 0 Å². The molecule has 0 radical (unpaired) electrons. The summed E-state index contributed by atoms with van der Waals surface area (Å²) in [5.74, 6) is -0.357. The maximum Gasteiger partial charge on any atom is 0.343 e. The summed E-state index contributed by atoms with van der Waals surface area (Å²) in [6.07, 6.45) is 1.78. The second-order valence-electron chi connectivity index (χ2n) is 6.26. The van der Waals surface area contributed by atoms with E-state index < -0.39 is 5.97 Å². The summed E-state index contributed by atoms with van der Waals surface area (Å²) in [5, 5.41) is 12.0. The van der Waals surface area contributed by atoms with Crippen LogP contribution in [0.4, 0.5) is 5.69 Å². The molecule has 0 heterocycles. The predicted octanol–water partition coefficient (Wildman–Crippen LogP) is 4.93. The summed E-state index contributed by atoms with van der Waals surface area (Å²) >= 11 is 0. The van der Waals surface area contributed by atoms with Gasteiger partial charge < -0.3 is 10.1 Å². The summed E-state index contributed by atoms with van der Waals surface area (Å²) in [6.45, 7) is 1.40. The van der Waals surface area contributed by atoms with E-state index in [1.807, 2.05) is 30.3 Å². The SMILES string of the molecule is CC(=O)Nc1cccc(C(=O)Oc2ccc(/C=C(/C#N)c3ccccc3)cc2)c1. The van der Waals surface area contributed by atoms with Gasteiger partial charge in [-0.05, 0) is 47.5 Å². The number of hydrogen-bond donors (Lipinski definition) is 1. The van der Waals surface area contributed by atoms with Crippen LogP contribution >= 0.6 is 0 Å². The minimum absolute atomic E-state index is 0.216. The molecule has 0 aliphatic heterocycles. The van der Waals surface area contributed by atoms with Crippen LogP contribution in [0.15, 0.2) is 78.9 Å². The fourth-order valence-corrected chi connectivity index (χ4v) is 2.69. The molecule has 0 bridgehead atoms. The Morgan fingerprint density at radius 3 is 2.28 bits per heavy atom. The third kappa shape index (κ3) is 5.41. The predicted molar refractivity (Wildman–Crippen MR) is 112 cm³/mol. The van der Waals surface area contributed by atoms with Crippen LogP contribution in [0.5, 0.6) is 5.75 Å². The molecule has 142 valence electrons. The zero-order valence-electron chi connectivity index (χ0n) is 15.8. The van der Waals surface area contributed by atoms with Crippen molar-refractivity contribution in [3.8, 4) is 11.8 Å². The van der Waals surface area contributed by atoms with Crippen molar-refractivity contribution in [2.75, 3.05) is 5.32 Å². The number of hydrogen-bond acceptors (Lipinski definition) is 4. The van der Waals surface area contributed by atoms with Crippen LogP contribution in [0.1, 0.15) is 28.4 Å². The van der Waals surface area contributed by atoms with Gasteiger partial charge in [-0.2, -0.15) is 5.26 Å². The molecule has 5 nitrogen and oxygen atoms in total. The Kier molecular flexibility index (Phi) is 6.18. The van der Waals surface area contributed by atoms with Gasteiger partial charge in [-0.15, -0.1) is 0 Å². The van der Waals surface area contributed by atoms with Gasteiger partial charge in [-0.25, -0.2) is 4.79 Å². The van der Waals surface area contributed by atoms with Crippen LogP contribution in [0, 0.1) is 11.3 Å². The lowest BCUT2D eigenvalue weighted by molar-refractivity contribution is -0.114. The van der Waals surface area contributed by atoms with Crippen molar-refractivity contribution in [3.05, 3.63) is 95.6 Å². The Hall–Kier alpha value is -4.17. The van der Waals surface area contributed by atoms with E-state index in [-0.39, 0.29) is 5.91 Å². The van der Waals surface area contributed by atoms with Gasteiger partial charge in [0.1, 0.15) is 5.75 Å². The molecule has 29 heavy (non-hydrogen) atoms. The van der Waals surface area contributed by atoms with Gasteiger partial charge in [-0.1, -0.05) is 48.5 Å². The normalized spacial score (nSPS) is 10.7. The number of nitrogens with zero attached hydrogens (tertiary/aromatic N) is 1. The molecule has 0 aromatic heterocycles. The first-order chi connectivity index (χ1) is 14.0. The smallest absolute Gasteiger partial charge is 0.343 e. The zero-order chi connectivity index (χ0) is 20.6. The van der Waals surface area contributed by atoms with Gasteiger partial charge in [0, 0.05) is 12.6 Å². The molecule has 0 saturated carbocycles. The first-order valence-corrected chi connectivity index (χ1v) is 8.92. The summed E-state index contributed by atoms with van der Waals surface area (Å²) < 4.78 is 5.39. The number of nitrogens with one attached hydrogen (secondary N) is 1. The highest BCUT2D eigenvalue weighted by Gasteiger charge is 2.10. The van der Waals surface area contributed by atoms with Crippen molar-refractivity contribution < 1.29 is 14.3 Å². The van der Waals surface area contributed by atoms with E-state index in [1.54, 1.807) is 54.6 Å². The molecule has 5 heteroatoms. The van der Waals surface area contributed by atoms with Crippen molar-refractivity contribution in [1.82, 2.24) is 0 Å². The van der Waals surface area contributed by atoms with Crippen LogP contribution in [-0.2, 0) is 4.79 Å². The molecule has 1 N–H and O–H groups in total. The largest absolute Gasteiger partial charge is 0.423 e. The molecule has 0 aliphatic carbocycles. The summed E-state index contributed by atoms with van der Waals surface area (Å²) in [6, 6.07) is 25.0. The first kappa shape index (κ1) is 19.6. The highest BCUT2D eigenvalue weighted by molar-refractivity contribution is 5.94. The Balaban J connectivity index is 1.72. The van der Waals surface area contributed by atoms with Gasteiger partial charge in [0.15, 0.2) is 0 Å². The topological polar surface area (TPSA) is 79.2 Å². The third-order valence-corrected chi connectivity index (χ3v) is 4.03. The number of allylic oxidation sites excluding steroid dienone is 1. The minimum Gasteiger partial charge on any atom is -0.423 e. The standard InChI is InChI=1S/C24H18N2O3/c1-17(27)26-22-9-5-8-20(15-22)24(28)29-23-12-10-18(11-13-23)14-21(16-25)19-6-3-2-4-7-19/h2-15H,1H3,(H,26,27)/b21-14-. The number of carbonyl (C=O) groups excluding carboxylic acids is 2. The van der Waals surface area contributed by atoms with E-state index in [0.717, 1.165) is 11.1 Å². The quantitative estimate of drug-likeness (QED) is 0.294. The van der Waals surface area contributed by atoms with Gasteiger partial charge >= 0.3 is 5.97 Å². The van der Waals surface area contributed by atoms with E-state index in [4.69, 9.17) is 4.74 Å². The number of rotatable bonds is 5. The second kappa shape index (κ2) is 9.16. The van der Waals surface area contributed by atoms with Crippen LogP contribution < -0.4 is 10.1 Å². The van der Waals surface area contributed by atoms with E-state index in [9.17, 15) is 14.9 Å². The molecule has 1 amide bonds. The lowest BCUT2D eigenvalue weighted by Crippen LogP contribution is -2.10. The lowest BCUT2D eigenvalue weighted by atomic mass is 10.0. The molecule has 3 aromatic carbocycles. The van der Waals surface area contributed by atoms with Crippen molar-refractivity contribution in [3.63, 3.8) is 0 Å². The number of esters is 1. The van der Waals surface area contributed by atoms with Crippen molar-refractivity contribution in [1.29, 1.82) is 5.26 Å². The number of benzene rings is 3. The van der Waals surface area contributed by atoms with Crippen molar-refractivity contribution in [2.24, 2.45) is 0 Å². The maximum absolute atomic E-state index is 12.4. The number of ether oxygens (including phenoxy) is 1. The fraction of sp³-hybridized carbons (Fsp3) is 0.0417. The Morgan fingerprint density at radius 2 is 1.62 bits per heavy atom. The summed E-state index contributed by atoms with van der Waals surface area (Å²) in [7, 11) is 0. The van der Waals surface area contributed by atoms with Gasteiger partial charge in [0.2, 0.25) is 5.91 Å². The minimum atomic E-state index is -0.525. The average Bonchev–Trinajstić information content (AvgIpc) is 2.73. The Bertz CT molecular complexity index is 1090. The summed E-state index contributed by atoms with van der Waals surface area (Å²) in [5.41, 5.74) is 3.06. The molecular weight excluding hydrogens is 364 g/mol. The molecule has 0 unspecified atom stereocenters. The Labute approximate surface area is 168 Å². The number of carbonyl (C=O) groups is 2. The van der Waals surface area contributed by atoms with Crippen molar-refractivity contribution in [2.45, 2.75) is 6.92 Å². The highest BCUT2D eigenvalue weighted by Crippen LogP contribution is 2.20. The van der Waals surface area contributed by atoms with Crippen LogP contribution in [0.25, 0.3) is 11.6 Å². The van der Waals surface area contributed by atoms with Gasteiger partial charge in [0.25, 0.3) is 0 Å². The van der Waals surface area contributed by atoms with Crippen LogP contribution in [0.2, 0.25) is 0 Å². The number of amides is 1. The summed E-state index contributed by atoms with van der Waals surface area (Å²) in [4.78, 5) is 23.5. The maximum atomic E-state index is 12.4. The average molecular weight is 382 g/mol. The molecule has 0 atom stereocenters. The monoisotopic (exact) mass is 382 g/mol. The molecule has 0 fully saturated rings. The molecule has 3 rings (SSSR count). The number of nitriles is 1. The first-order valence-electron chi connectivity index (χ1n) is 8.92. The molecule has 0 saturated heterocycles. The van der Waals surface area contributed by atoms with Gasteiger partial charge in [0.05, 0.1) is 17.2 Å². The molecule has 0 spiro atoms. The third-order valence-electron chi connectivity index (χ3n) is 4.03. The highest BCUT2D eigenvalue weighted by atomic mass is 16.5. The fourth-order valence-electron chi connectivity index (χ4n) is 2.69. The lowest BCUT2D eigenvalue weighted by Gasteiger charge is -2.07.